The first-order valence-corrected chi connectivity index (χ1v) is 10.5. The third-order valence-corrected chi connectivity index (χ3v) is 6.09. The molecule has 0 unspecified atom stereocenters. The Morgan fingerprint density at radius 1 is 1.14 bits per heavy atom. The van der Waals surface area contributed by atoms with Crippen molar-refractivity contribution in [1.29, 1.82) is 0 Å². The molecular formula is C23H22FN3OS. The Morgan fingerprint density at radius 3 is 2.52 bits per heavy atom. The number of nitrogens with one attached hydrogen (secondary N) is 1. The van der Waals surface area contributed by atoms with E-state index >= 15 is 0 Å². The largest absolute Gasteiger partial charge is 0.321 e. The monoisotopic (exact) mass is 407 g/mol. The first-order chi connectivity index (χ1) is 14.0. The lowest BCUT2D eigenvalue weighted by molar-refractivity contribution is 0.102. The number of halogens is 1. The van der Waals surface area contributed by atoms with Crippen LogP contribution < -0.4 is 5.32 Å². The van der Waals surface area contributed by atoms with Crippen molar-refractivity contribution in [2.45, 2.75) is 33.1 Å². The standard InChI is InChI=1S/C23H22FN3OS/c1-3-4-5-16-6-12-19(13-7-16)25-22(28)21-15(2)27-14-20(26-23(27)29-21)17-8-10-18(24)11-9-17/h6-14H,3-5H2,1-2H3,(H,25,28). The van der Waals surface area contributed by atoms with Crippen LogP contribution in [-0.4, -0.2) is 15.3 Å². The Labute approximate surface area is 173 Å². The zero-order valence-corrected chi connectivity index (χ0v) is 17.2. The summed E-state index contributed by atoms with van der Waals surface area (Å²) in [4.78, 5) is 18.7. The Bertz CT molecular complexity index is 1140. The molecular weight excluding hydrogens is 385 g/mol. The molecule has 4 nitrogen and oxygen atoms in total. The SMILES string of the molecule is CCCCc1ccc(NC(=O)c2sc3nc(-c4ccc(F)cc4)cn3c2C)cc1. The maximum atomic E-state index is 13.1. The van der Waals surface area contributed by atoms with E-state index in [1.54, 1.807) is 12.1 Å². The predicted molar refractivity (Wildman–Crippen MR) is 116 cm³/mol. The highest BCUT2D eigenvalue weighted by atomic mass is 32.1. The predicted octanol–water partition coefficient (Wildman–Crippen LogP) is 6.11. The molecule has 2 heterocycles. The fourth-order valence-electron chi connectivity index (χ4n) is 3.24. The number of aromatic nitrogens is 2. The van der Waals surface area contributed by atoms with E-state index in [-0.39, 0.29) is 11.7 Å². The smallest absolute Gasteiger partial charge is 0.267 e. The third kappa shape index (κ3) is 4.07. The number of hydrogen-bond acceptors (Lipinski definition) is 3. The van der Waals surface area contributed by atoms with E-state index < -0.39 is 0 Å². The number of thiazole rings is 1. The zero-order valence-electron chi connectivity index (χ0n) is 16.4. The second-order valence-electron chi connectivity index (χ2n) is 7.06. The summed E-state index contributed by atoms with van der Waals surface area (Å²) in [6, 6.07) is 14.3. The molecule has 0 bridgehead atoms. The lowest BCUT2D eigenvalue weighted by Gasteiger charge is -2.06. The van der Waals surface area contributed by atoms with Crippen LogP contribution >= 0.6 is 11.3 Å². The average molecular weight is 408 g/mol. The number of fused-ring (bicyclic) bond motifs is 1. The fraction of sp³-hybridized carbons (Fsp3) is 0.217. The van der Waals surface area contributed by atoms with Crippen LogP contribution in [0.5, 0.6) is 0 Å². The number of carbonyl (C=O) groups excluding carboxylic acids is 1. The molecule has 4 aromatic rings. The van der Waals surface area contributed by atoms with Crippen LogP contribution in [0.4, 0.5) is 10.1 Å². The van der Waals surface area contributed by atoms with Gasteiger partial charge in [-0.25, -0.2) is 9.37 Å². The van der Waals surface area contributed by atoms with E-state index in [1.807, 2.05) is 29.7 Å². The summed E-state index contributed by atoms with van der Waals surface area (Å²) in [6.45, 7) is 4.08. The molecule has 0 saturated carbocycles. The molecule has 0 aliphatic rings. The molecule has 0 spiro atoms. The zero-order chi connectivity index (χ0) is 20.4. The molecule has 0 atom stereocenters. The molecule has 2 aromatic carbocycles. The fourth-order valence-corrected chi connectivity index (χ4v) is 4.25. The number of rotatable bonds is 6. The number of benzene rings is 2. The number of amides is 1. The van der Waals surface area contributed by atoms with Crippen LogP contribution in [0.3, 0.4) is 0 Å². The van der Waals surface area contributed by atoms with Crippen LogP contribution in [0.15, 0.2) is 54.7 Å². The molecule has 148 valence electrons. The average Bonchev–Trinajstić information content (AvgIpc) is 3.27. The van der Waals surface area contributed by atoms with Gasteiger partial charge in [0.05, 0.1) is 5.69 Å². The van der Waals surface area contributed by atoms with Gasteiger partial charge in [0.1, 0.15) is 10.7 Å². The van der Waals surface area contributed by atoms with Crippen molar-refractivity contribution in [2.75, 3.05) is 5.32 Å². The van der Waals surface area contributed by atoms with Crippen LogP contribution in [0.1, 0.15) is 40.7 Å². The van der Waals surface area contributed by atoms with Crippen LogP contribution in [-0.2, 0) is 6.42 Å². The lowest BCUT2D eigenvalue weighted by atomic mass is 10.1. The molecule has 4 rings (SSSR count). The van der Waals surface area contributed by atoms with Gasteiger partial charge in [0.15, 0.2) is 4.96 Å². The summed E-state index contributed by atoms with van der Waals surface area (Å²) in [7, 11) is 0. The van der Waals surface area contributed by atoms with Gasteiger partial charge in [-0.1, -0.05) is 36.8 Å². The number of carbonyl (C=O) groups is 1. The second-order valence-corrected chi connectivity index (χ2v) is 8.03. The van der Waals surface area contributed by atoms with Crippen molar-refractivity contribution >= 4 is 27.9 Å². The minimum Gasteiger partial charge on any atom is -0.321 e. The quantitative estimate of drug-likeness (QED) is 0.419. The van der Waals surface area contributed by atoms with E-state index in [0.29, 0.717) is 4.88 Å². The highest BCUT2D eigenvalue weighted by Gasteiger charge is 2.18. The summed E-state index contributed by atoms with van der Waals surface area (Å²) in [5, 5.41) is 2.97. The number of hydrogen-bond donors (Lipinski definition) is 1. The van der Waals surface area contributed by atoms with E-state index in [9.17, 15) is 9.18 Å². The first kappa shape index (κ1) is 19.3. The van der Waals surface area contributed by atoms with Gasteiger partial charge in [0.2, 0.25) is 0 Å². The molecule has 0 fully saturated rings. The summed E-state index contributed by atoms with van der Waals surface area (Å²) in [5.41, 5.74) is 4.50. The van der Waals surface area contributed by atoms with Crippen molar-refractivity contribution < 1.29 is 9.18 Å². The molecule has 1 N–H and O–H groups in total. The van der Waals surface area contributed by atoms with Crippen molar-refractivity contribution in [2.24, 2.45) is 0 Å². The maximum Gasteiger partial charge on any atom is 0.267 e. The van der Waals surface area contributed by atoms with Gasteiger partial charge in [-0.3, -0.25) is 9.20 Å². The normalized spacial score (nSPS) is 11.1. The number of anilines is 1. The molecule has 1 amide bonds. The first-order valence-electron chi connectivity index (χ1n) is 9.70. The van der Waals surface area contributed by atoms with E-state index in [1.165, 1.54) is 41.9 Å². The molecule has 0 aliphatic carbocycles. The second kappa shape index (κ2) is 8.17. The highest BCUT2D eigenvalue weighted by Crippen LogP contribution is 2.28. The van der Waals surface area contributed by atoms with Gasteiger partial charge < -0.3 is 5.32 Å². The van der Waals surface area contributed by atoms with Crippen molar-refractivity contribution in [3.8, 4) is 11.3 Å². The Balaban J connectivity index is 1.53. The molecule has 0 radical (unpaired) electrons. The van der Waals surface area contributed by atoms with Gasteiger partial charge in [-0.05, 0) is 61.7 Å². The number of unbranched alkanes of at least 4 members (excludes halogenated alkanes) is 1. The molecule has 2 aromatic heterocycles. The number of nitrogens with zero attached hydrogens (tertiary/aromatic N) is 2. The summed E-state index contributed by atoms with van der Waals surface area (Å²) in [6.07, 6.45) is 5.27. The minimum atomic E-state index is -0.275. The van der Waals surface area contributed by atoms with E-state index in [4.69, 9.17) is 0 Å². The van der Waals surface area contributed by atoms with Gasteiger partial charge >= 0.3 is 0 Å². The van der Waals surface area contributed by atoms with Gasteiger partial charge in [0.25, 0.3) is 5.91 Å². The van der Waals surface area contributed by atoms with Crippen LogP contribution in [0, 0.1) is 12.7 Å². The summed E-state index contributed by atoms with van der Waals surface area (Å²) in [5.74, 6) is -0.411. The number of imidazole rings is 1. The molecule has 6 heteroatoms. The topological polar surface area (TPSA) is 46.4 Å². The Hall–Kier alpha value is -2.99. The van der Waals surface area contributed by atoms with Crippen molar-refractivity contribution in [3.05, 3.63) is 76.7 Å². The van der Waals surface area contributed by atoms with Gasteiger partial charge in [-0.15, -0.1) is 0 Å². The maximum absolute atomic E-state index is 13.1. The van der Waals surface area contributed by atoms with E-state index in [2.05, 4.69) is 29.4 Å². The van der Waals surface area contributed by atoms with Crippen molar-refractivity contribution in [1.82, 2.24) is 9.38 Å². The Morgan fingerprint density at radius 2 is 1.86 bits per heavy atom. The van der Waals surface area contributed by atoms with E-state index in [0.717, 1.165) is 34.0 Å². The van der Waals surface area contributed by atoms with Crippen LogP contribution in [0.2, 0.25) is 0 Å². The van der Waals surface area contributed by atoms with Crippen molar-refractivity contribution in [3.63, 3.8) is 0 Å². The molecule has 29 heavy (non-hydrogen) atoms. The third-order valence-electron chi connectivity index (χ3n) is 4.93. The summed E-state index contributed by atoms with van der Waals surface area (Å²) < 4.78 is 15.0. The van der Waals surface area contributed by atoms with Crippen LogP contribution in [0.25, 0.3) is 16.2 Å². The molecule has 0 saturated heterocycles. The number of aryl methyl sites for hydroxylation is 2. The van der Waals surface area contributed by atoms with Gasteiger partial charge in [-0.2, -0.15) is 0 Å². The Kier molecular flexibility index (Phi) is 5.45. The molecule has 0 aliphatic heterocycles. The lowest BCUT2D eigenvalue weighted by Crippen LogP contribution is -2.11. The highest BCUT2D eigenvalue weighted by molar-refractivity contribution is 7.19. The minimum absolute atomic E-state index is 0.136. The van der Waals surface area contributed by atoms with Gasteiger partial charge in [0, 0.05) is 23.1 Å². The summed E-state index contributed by atoms with van der Waals surface area (Å²) >= 11 is 1.35.